The van der Waals surface area contributed by atoms with Gasteiger partial charge in [-0.3, -0.25) is 4.98 Å². The quantitative estimate of drug-likeness (QED) is 0.577. The van der Waals surface area contributed by atoms with E-state index in [-0.39, 0.29) is 17.8 Å². The second-order valence-corrected chi connectivity index (χ2v) is 8.18. The van der Waals surface area contributed by atoms with Crippen LogP contribution >= 0.6 is 0 Å². The Bertz CT molecular complexity index is 1000. The molecule has 0 N–H and O–H groups in total. The smallest absolute Gasteiger partial charge is 0.219 e. The Balaban J connectivity index is 1.96. The molecule has 2 heterocycles. The van der Waals surface area contributed by atoms with Gasteiger partial charge in [0, 0.05) is 28.6 Å². The molecule has 6 heteroatoms. The largest absolute Gasteiger partial charge is 0.497 e. The average molecular weight is 395 g/mol. The Kier molecular flexibility index (Phi) is 6.11. The summed E-state index contributed by atoms with van der Waals surface area (Å²) >= 11 is 0. The molecule has 0 spiro atoms. The first-order chi connectivity index (χ1) is 13.8. The third kappa shape index (κ3) is 5.28. The third-order valence-electron chi connectivity index (χ3n) is 4.40. The fourth-order valence-electron chi connectivity index (χ4n) is 3.03. The molecule has 2 aromatic heterocycles. The van der Waals surface area contributed by atoms with Crippen LogP contribution in [0.15, 0.2) is 42.9 Å². The number of aromatic nitrogens is 3. The zero-order valence-corrected chi connectivity index (χ0v) is 17.5. The van der Waals surface area contributed by atoms with Gasteiger partial charge in [0.1, 0.15) is 24.5 Å². The number of hydrogen-bond donors (Lipinski definition) is 0. The monoisotopic (exact) mass is 395 g/mol. The molecule has 29 heavy (non-hydrogen) atoms. The highest BCUT2D eigenvalue weighted by atomic mass is 19.1. The summed E-state index contributed by atoms with van der Waals surface area (Å²) in [7, 11) is 1.57. The lowest BCUT2D eigenvalue weighted by Crippen LogP contribution is -2.13. The SMILES string of the molecule is COc1ccc(F)c(-c2ccc(COc3ncncc3C)nc2CC(C)(C)C)c1. The van der Waals surface area contributed by atoms with Gasteiger partial charge in [-0.2, -0.15) is 0 Å². The maximum atomic E-state index is 14.6. The van der Waals surface area contributed by atoms with Gasteiger partial charge < -0.3 is 9.47 Å². The Morgan fingerprint density at radius 2 is 1.86 bits per heavy atom. The number of benzene rings is 1. The maximum Gasteiger partial charge on any atom is 0.219 e. The number of rotatable bonds is 6. The molecule has 0 aliphatic heterocycles. The average Bonchev–Trinajstić information content (AvgIpc) is 2.67. The zero-order valence-electron chi connectivity index (χ0n) is 17.5. The summed E-state index contributed by atoms with van der Waals surface area (Å²) in [6.07, 6.45) is 3.85. The van der Waals surface area contributed by atoms with Crippen molar-refractivity contribution in [2.45, 2.75) is 40.7 Å². The van der Waals surface area contributed by atoms with E-state index in [1.165, 1.54) is 12.4 Å². The van der Waals surface area contributed by atoms with Crippen LogP contribution in [0, 0.1) is 18.2 Å². The van der Waals surface area contributed by atoms with Gasteiger partial charge in [-0.05, 0) is 43.0 Å². The molecule has 152 valence electrons. The lowest BCUT2D eigenvalue weighted by molar-refractivity contribution is 0.285. The van der Waals surface area contributed by atoms with Crippen molar-refractivity contribution < 1.29 is 13.9 Å². The standard InChI is InChI=1S/C23H26FN3O2/c1-15-12-25-14-26-22(15)29-13-16-6-8-18(21(27-16)11-23(2,3)4)19-10-17(28-5)7-9-20(19)24/h6-10,12,14H,11,13H2,1-5H3. The number of aryl methyl sites for hydroxylation is 1. The van der Waals surface area contributed by atoms with Crippen LogP contribution in [0.1, 0.15) is 37.7 Å². The van der Waals surface area contributed by atoms with Crippen LogP contribution in [0.25, 0.3) is 11.1 Å². The van der Waals surface area contributed by atoms with E-state index < -0.39 is 0 Å². The first-order valence-electron chi connectivity index (χ1n) is 9.49. The minimum absolute atomic E-state index is 0.0141. The van der Waals surface area contributed by atoms with Crippen LogP contribution in [0.4, 0.5) is 4.39 Å². The zero-order chi connectivity index (χ0) is 21.0. The minimum Gasteiger partial charge on any atom is -0.497 e. The molecule has 5 nitrogen and oxygen atoms in total. The van der Waals surface area contributed by atoms with E-state index in [1.807, 2.05) is 19.1 Å². The minimum atomic E-state index is -0.302. The predicted molar refractivity (Wildman–Crippen MR) is 110 cm³/mol. The van der Waals surface area contributed by atoms with Gasteiger partial charge in [0.2, 0.25) is 5.88 Å². The summed E-state index contributed by atoms with van der Waals surface area (Å²) < 4.78 is 25.7. The number of pyridine rings is 1. The lowest BCUT2D eigenvalue weighted by atomic mass is 9.87. The normalized spacial score (nSPS) is 11.4. The van der Waals surface area contributed by atoms with Crippen molar-refractivity contribution in [3.05, 3.63) is 65.6 Å². The van der Waals surface area contributed by atoms with Crippen LogP contribution in [0.5, 0.6) is 11.6 Å². The molecule has 3 aromatic rings. The van der Waals surface area contributed by atoms with Crippen LogP contribution in [-0.2, 0) is 13.0 Å². The second kappa shape index (κ2) is 8.55. The van der Waals surface area contributed by atoms with Crippen LogP contribution in [0.3, 0.4) is 0 Å². The summed E-state index contributed by atoms with van der Waals surface area (Å²) in [6, 6.07) is 8.50. The summed E-state index contributed by atoms with van der Waals surface area (Å²) in [5, 5.41) is 0. The molecule has 0 bridgehead atoms. The van der Waals surface area contributed by atoms with Gasteiger partial charge in [0.05, 0.1) is 12.8 Å². The molecule has 0 aliphatic carbocycles. The molecule has 0 fully saturated rings. The van der Waals surface area contributed by atoms with E-state index in [0.717, 1.165) is 22.5 Å². The Hall–Kier alpha value is -3.02. The molecule has 0 saturated carbocycles. The molecule has 0 aliphatic rings. The molecular weight excluding hydrogens is 369 g/mol. The van der Waals surface area contributed by atoms with E-state index in [4.69, 9.17) is 14.5 Å². The van der Waals surface area contributed by atoms with E-state index in [0.29, 0.717) is 23.6 Å². The van der Waals surface area contributed by atoms with Crippen LogP contribution < -0.4 is 9.47 Å². The summed E-state index contributed by atoms with van der Waals surface area (Å²) in [5.41, 5.74) is 3.67. The summed E-state index contributed by atoms with van der Waals surface area (Å²) in [4.78, 5) is 12.9. The molecule has 0 amide bonds. The Labute approximate surface area is 171 Å². The van der Waals surface area contributed by atoms with Crippen molar-refractivity contribution in [3.8, 4) is 22.8 Å². The maximum absolute atomic E-state index is 14.6. The van der Waals surface area contributed by atoms with Gasteiger partial charge in [-0.15, -0.1) is 0 Å². The van der Waals surface area contributed by atoms with E-state index in [1.54, 1.807) is 25.4 Å². The molecule has 3 rings (SSSR count). The van der Waals surface area contributed by atoms with Crippen molar-refractivity contribution in [2.75, 3.05) is 7.11 Å². The fourth-order valence-corrected chi connectivity index (χ4v) is 3.03. The van der Waals surface area contributed by atoms with Crippen LogP contribution in [0.2, 0.25) is 0 Å². The predicted octanol–water partition coefficient (Wildman–Crippen LogP) is 5.16. The molecule has 0 saturated heterocycles. The van der Waals surface area contributed by atoms with E-state index in [2.05, 4.69) is 30.7 Å². The number of halogens is 1. The highest BCUT2D eigenvalue weighted by Crippen LogP contribution is 2.32. The van der Waals surface area contributed by atoms with Gasteiger partial charge in [-0.25, -0.2) is 14.4 Å². The van der Waals surface area contributed by atoms with E-state index in [9.17, 15) is 4.39 Å². The molecule has 0 atom stereocenters. The number of nitrogens with zero attached hydrogens (tertiary/aromatic N) is 3. The van der Waals surface area contributed by atoms with Crippen molar-refractivity contribution >= 4 is 0 Å². The fraction of sp³-hybridized carbons (Fsp3) is 0.348. The molecule has 0 unspecified atom stereocenters. The highest BCUT2D eigenvalue weighted by molar-refractivity contribution is 5.68. The van der Waals surface area contributed by atoms with Crippen molar-refractivity contribution in [1.82, 2.24) is 15.0 Å². The molecular formula is C23H26FN3O2. The Morgan fingerprint density at radius 3 is 2.55 bits per heavy atom. The van der Waals surface area contributed by atoms with E-state index >= 15 is 0 Å². The highest BCUT2D eigenvalue weighted by Gasteiger charge is 2.19. The van der Waals surface area contributed by atoms with Crippen LogP contribution in [-0.4, -0.2) is 22.1 Å². The Morgan fingerprint density at radius 1 is 1.07 bits per heavy atom. The number of hydrogen-bond acceptors (Lipinski definition) is 5. The molecule has 1 aromatic carbocycles. The first-order valence-corrected chi connectivity index (χ1v) is 9.49. The third-order valence-corrected chi connectivity index (χ3v) is 4.40. The van der Waals surface area contributed by atoms with Crippen molar-refractivity contribution in [2.24, 2.45) is 5.41 Å². The van der Waals surface area contributed by atoms with Gasteiger partial charge >= 0.3 is 0 Å². The lowest BCUT2D eigenvalue weighted by Gasteiger charge is -2.21. The number of methoxy groups -OCH3 is 1. The van der Waals surface area contributed by atoms with Gasteiger partial charge in [0.15, 0.2) is 0 Å². The summed E-state index contributed by atoms with van der Waals surface area (Å²) in [6.45, 7) is 8.56. The second-order valence-electron chi connectivity index (χ2n) is 8.18. The first kappa shape index (κ1) is 20.7. The van der Waals surface area contributed by atoms with Gasteiger partial charge in [0.25, 0.3) is 0 Å². The van der Waals surface area contributed by atoms with Crippen molar-refractivity contribution in [3.63, 3.8) is 0 Å². The topological polar surface area (TPSA) is 57.1 Å². The summed E-state index contributed by atoms with van der Waals surface area (Å²) in [5.74, 6) is 0.834. The number of ether oxygens (including phenoxy) is 2. The van der Waals surface area contributed by atoms with Gasteiger partial charge in [-0.1, -0.05) is 26.8 Å². The van der Waals surface area contributed by atoms with Crippen molar-refractivity contribution in [1.29, 1.82) is 0 Å². The molecule has 0 radical (unpaired) electrons.